The summed E-state index contributed by atoms with van der Waals surface area (Å²) in [6, 6.07) is 11.9. The van der Waals surface area contributed by atoms with E-state index in [0.29, 0.717) is 23.5 Å². The zero-order valence-electron chi connectivity index (χ0n) is 19.1. The third-order valence-corrected chi connectivity index (χ3v) is 6.68. The lowest BCUT2D eigenvalue weighted by atomic mass is 9.77. The summed E-state index contributed by atoms with van der Waals surface area (Å²) in [7, 11) is 0. The molecule has 5 heteroatoms. The Kier molecular flexibility index (Phi) is 8.61. The first kappa shape index (κ1) is 24.6. The van der Waals surface area contributed by atoms with Gasteiger partial charge < -0.3 is 4.74 Å². The van der Waals surface area contributed by atoms with Crippen molar-refractivity contribution in [2.45, 2.75) is 78.0 Å². The number of hydrogen-bond acceptors (Lipinski definition) is 1. The van der Waals surface area contributed by atoms with Gasteiger partial charge in [0.1, 0.15) is 0 Å². The Morgan fingerprint density at radius 3 is 2.12 bits per heavy atom. The SMILES string of the molecule is CC(C)CCCC1CCC(CCc2c(-c3ccccc3)ccc(OC(F)(F)F)c2F)CC1. The van der Waals surface area contributed by atoms with E-state index in [-0.39, 0.29) is 0 Å². The molecule has 2 aromatic carbocycles. The average molecular weight is 451 g/mol. The van der Waals surface area contributed by atoms with Crippen LogP contribution in [0.2, 0.25) is 0 Å². The first-order valence-corrected chi connectivity index (χ1v) is 11.9. The summed E-state index contributed by atoms with van der Waals surface area (Å²) in [6.45, 7) is 4.52. The van der Waals surface area contributed by atoms with E-state index in [0.717, 1.165) is 42.7 Å². The lowest BCUT2D eigenvalue weighted by Crippen LogP contribution is -2.19. The molecule has 0 aromatic heterocycles. The van der Waals surface area contributed by atoms with Crippen molar-refractivity contribution in [3.05, 3.63) is 53.8 Å². The van der Waals surface area contributed by atoms with E-state index in [4.69, 9.17) is 0 Å². The lowest BCUT2D eigenvalue weighted by molar-refractivity contribution is -0.275. The van der Waals surface area contributed by atoms with Gasteiger partial charge in [0, 0.05) is 0 Å². The van der Waals surface area contributed by atoms with Crippen molar-refractivity contribution in [3.8, 4) is 16.9 Å². The fourth-order valence-corrected chi connectivity index (χ4v) is 4.91. The second-order valence-electron chi connectivity index (χ2n) is 9.57. The van der Waals surface area contributed by atoms with E-state index >= 15 is 4.39 Å². The van der Waals surface area contributed by atoms with Gasteiger partial charge in [-0.05, 0) is 53.4 Å². The van der Waals surface area contributed by atoms with E-state index in [9.17, 15) is 13.2 Å². The molecule has 176 valence electrons. The van der Waals surface area contributed by atoms with Crippen molar-refractivity contribution in [1.29, 1.82) is 0 Å². The lowest BCUT2D eigenvalue weighted by Gasteiger charge is -2.29. The minimum atomic E-state index is -4.92. The topological polar surface area (TPSA) is 9.23 Å². The molecule has 3 rings (SSSR count). The monoisotopic (exact) mass is 450 g/mol. The maximum atomic E-state index is 15.1. The Balaban J connectivity index is 1.67. The summed E-state index contributed by atoms with van der Waals surface area (Å²) in [6.07, 6.45) is 4.76. The highest BCUT2D eigenvalue weighted by molar-refractivity contribution is 5.68. The van der Waals surface area contributed by atoms with Gasteiger partial charge in [0.25, 0.3) is 0 Å². The average Bonchev–Trinajstić information content (AvgIpc) is 2.74. The maximum Gasteiger partial charge on any atom is 0.573 e. The van der Waals surface area contributed by atoms with Crippen LogP contribution in [0.1, 0.15) is 70.8 Å². The van der Waals surface area contributed by atoms with E-state index in [1.54, 1.807) is 6.07 Å². The van der Waals surface area contributed by atoms with Crippen LogP contribution >= 0.6 is 0 Å². The molecule has 0 amide bonds. The fourth-order valence-electron chi connectivity index (χ4n) is 4.91. The Bertz CT molecular complexity index is 837. The van der Waals surface area contributed by atoms with Crippen LogP contribution < -0.4 is 4.74 Å². The zero-order chi connectivity index (χ0) is 23.1. The normalized spacial score (nSPS) is 19.3. The predicted molar refractivity (Wildman–Crippen MR) is 121 cm³/mol. The van der Waals surface area contributed by atoms with Crippen LogP contribution in [0.15, 0.2) is 42.5 Å². The van der Waals surface area contributed by atoms with Crippen LogP contribution in [0.5, 0.6) is 5.75 Å². The van der Waals surface area contributed by atoms with E-state index in [1.807, 2.05) is 30.3 Å². The van der Waals surface area contributed by atoms with Gasteiger partial charge in [-0.15, -0.1) is 13.2 Å². The van der Waals surface area contributed by atoms with Gasteiger partial charge in [-0.1, -0.05) is 95.2 Å². The smallest absolute Gasteiger partial charge is 0.403 e. The van der Waals surface area contributed by atoms with Crippen LogP contribution in [-0.2, 0) is 6.42 Å². The highest BCUT2D eigenvalue weighted by atomic mass is 19.4. The molecule has 0 bridgehead atoms. The van der Waals surface area contributed by atoms with Crippen LogP contribution in [0, 0.1) is 23.6 Å². The highest BCUT2D eigenvalue weighted by Crippen LogP contribution is 2.38. The molecule has 0 spiro atoms. The Hall–Kier alpha value is -2.04. The van der Waals surface area contributed by atoms with E-state index < -0.39 is 17.9 Å². The first-order valence-electron chi connectivity index (χ1n) is 11.9. The van der Waals surface area contributed by atoms with Gasteiger partial charge in [-0.3, -0.25) is 0 Å². The largest absolute Gasteiger partial charge is 0.573 e. The Labute approximate surface area is 189 Å². The minimum Gasteiger partial charge on any atom is -0.403 e. The van der Waals surface area contributed by atoms with Crippen LogP contribution in [0.3, 0.4) is 0 Å². The van der Waals surface area contributed by atoms with Crippen molar-refractivity contribution in [1.82, 2.24) is 0 Å². The molecule has 1 nitrogen and oxygen atoms in total. The van der Waals surface area contributed by atoms with Crippen molar-refractivity contribution in [3.63, 3.8) is 0 Å². The number of benzene rings is 2. The number of rotatable bonds is 9. The summed E-state index contributed by atoms with van der Waals surface area (Å²) in [5, 5.41) is 0. The van der Waals surface area contributed by atoms with Crippen LogP contribution in [0.4, 0.5) is 17.6 Å². The fraction of sp³-hybridized carbons (Fsp3) is 0.556. The molecule has 0 radical (unpaired) electrons. The van der Waals surface area contributed by atoms with Gasteiger partial charge in [0.15, 0.2) is 11.6 Å². The molecule has 32 heavy (non-hydrogen) atoms. The number of alkyl halides is 3. The third-order valence-electron chi connectivity index (χ3n) is 6.68. The van der Waals surface area contributed by atoms with Gasteiger partial charge >= 0.3 is 6.36 Å². The highest BCUT2D eigenvalue weighted by Gasteiger charge is 2.33. The number of halogens is 4. The predicted octanol–water partition coefficient (Wildman–Crippen LogP) is 8.96. The Morgan fingerprint density at radius 2 is 1.53 bits per heavy atom. The zero-order valence-corrected chi connectivity index (χ0v) is 19.1. The Morgan fingerprint density at radius 1 is 0.906 bits per heavy atom. The molecule has 1 aliphatic carbocycles. The molecular weight excluding hydrogens is 416 g/mol. The molecule has 0 saturated heterocycles. The van der Waals surface area contributed by atoms with Gasteiger partial charge in [-0.2, -0.15) is 0 Å². The summed E-state index contributed by atoms with van der Waals surface area (Å²) < 4.78 is 57.3. The second-order valence-corrected chi connectivity index (χ2v) is 9.57. The maximum absolute atomic E-state index is 15.1. The minimum absolute atomic E-state index is 0.317. The summed E-state index contributed by atoms with van der Waals surface area (Å²) in [5.41, 5.74) is 1.76. The molecule has 0 aliphatic heterocycles. The first-order chi connectivity index (χ1) is 15.2. The molecule has 0 heterocycles. The third kappa shape index (κ3) is 7.25. The molecular formula is C27H34F4O. The van der Waals surface area contributed by atoms with E-state index in [2.05, 4.69) is 18.6 Å². The van der Waals surface area contributed by atoms with E-state index in [1.165, 1.54) is 32.1 Å². The molecule has 1 fully saturated rings. The molecule has 0 unspecified atom stereocenters. The van der Waals surface area contributed by atoms with Crippen molar-refractivity contribution < 1.29 is 22.3 Å². The molecule has 0 atom stereocenters. The summed E-state index contributed by atoms with van der Waals surface area (Å²) >= 11 is 0. The van der Waals surface area contributed by atoms with Gasteiger partial charge in [0.2, 0.25) is 0 Å². The summed E-state index contributed by atoms with van der Waals surface area (Å²) in [5.74, 6) is 0.376. The molecule has 1 saturated carbocycles. The molecule has 2 aromatic rings. The molecule has 1 aliphatic rings. The summed E-state index contributed by atoms with van der Waals surface area (Å²) in [4.78, 5) is 0. The van der Waals surface area contributed by atoms with Gasteiger partial charge in [0.05, 0.1) is 0 Å². The van der Waals surface area contributed by atoms with Crippen molar-refractivity contribution >= 4 is 0 Å². The number of ether oxygens (including phenoxy) is 1. The quantitative estimate of drug-likeness (QED) is 0.346. The van der Waals surface area contributed by atoms with Crippen LogP contribution in [-0.4, -0.2) is 6.36 Å². The molecule has 0 N–H and O–H groups in total. The van der Waals surface area contributed by atoms with Gasteiger partial charge in [-0.25, -0.2) is 4.39 Å². The van der Waals surface area contributed by atoms with Crippen molar-refractivity contribution in [2.24, 2.45) is 17.8 Å². The van der Waals surface area contributed by atoms with Crippen LogP contribution in [0.25, 0.3) is 11.1 Å². The standard InChI is InChI=1S/C27H34F4O/c1-19(2)7-6-8-20-11-13-21(14-12-20)15-16-24-23(22-9-4-3-5-10-22)17-18-25(26(24)28)32-27(29,30)31/h3-5,9-10,17-21H,6-8,11-16H2,1-2H3. The van der Waals surface area contributed by atoms with Crippen molar-refractivity contribution in [2.75, 3.05) is 0 Å². The number of hydrogen-bond donors (Lipinski definition) is 0. The second kappa shape index (κ2) is 11.2.